The molecule has 2 heterocycles. The number of aromatic carboxylic acids is 1. The van der Waals surface area contributed by atoms with Crippen LogP contribution >= 0.6 is 11.6 Å². The SMILES string of the molecule is COc1c(N2CC/C(=N/Oc3ccc(Cl)cc3)C(N)C2)c(F)cc2c(=O)c(C(=O)O)cn(C3CC3)c12. The number of aromatic nitrogens is 1. The highest BCUT2D eigenvalue weighted by Crippen LogP contribution is 2.44. The molecule has 1 atom stereocenters. The molecule has 0 spiro atoms. The summed E-state index contributed by atoms with van der Waals surface area (Å²) in [5.74, 6) is -1.35. The normalized spacial score (nSPS) is 19.1. The van der Waals surface area contributed by atoms with E-state index in [9.17, 15) is 14.7 Å². The van der Waals surface area contributed by atoms with Crippen LogP contribution in [0.3, 0.4) is 0 Å². The standard InChI is InChI=1S/C25H24ClFN4O5/c1-35-24-21-16(23(32)17(25(33)34)11-31(21)14-4-5-14)10-18(27)22(24)30-9-8-20(19(28)12-30)29-36-15-6-2-13(26)3-7-15/h2-3,6-7,10-11,14,19H,4-5,8-9,12,28H2,1H3,(H,33,34)/b29-20-. The Labute approximate surface area is 210 Å². The van der Waals surface area contributed by atoms with Gasteiger partial charge in [-0.25, -0.2) is 9.18 Å². The van der Waals surface area contributed by atoms with Crippen LogP contribution in [0.5, 0.6) is 11.5 Å². The molecule has 1 aliphatic carbocycles. The molecule has 0 amide bonds. The molecule has 1 aliphatic heterocycles. The van der Waals surface area contributed by atoms with Crippen molar-refractivity contribution in [2.45, 2.75) is 31.3 Å². The van der Waals surface area contributed by atoms with E-state index in [1.807, 2.05) is 0 Å². The lowest BCUT2D eigenvalue weighted by Crippen LogP contribution is -2.49. The Bertz CT molecular complexity index is 1440. The van der Waals surface area contributed by atoms with Crippen molar-refractivity contribution in [2.24, 2.45) is 10.9 Å². The van der Waals surface area contributed by atoms with E-state index in [2.05, 4.69) is 5.16 Å². The lowest BCUT2D eigenvalue weighted by molar-refractivity contribution is 0.0694. The highest BCUT2D eigenvalue weighted by Gasteiger charge is 2.33. The van der Waals surface area contributed by atoms with Gasteiger partial charge in [0, 0.05) is 36.8 Å². The number of carbonyl (C=O) groups is 1. The van der Waals surface area contributed by atoms with Crippen molar-refractivity contribution in [1.29, 1.82) is 0 Å². The number of benzene rings is 2. The molecule has 36 heavy (non-hydrogen) atoms. The van der Waals surface area contributed by atoms with Crippen molar-refractivity contribution in [3.05, 3.63) is 63.2 Å². The Balaban J connectivity index is 1.51. The molecule has 1 aromatic heterocycles. The maximum Gasteiger partial charge on any atom is 0.341 e. The van der Waals surface area contributed by atoms with Gasteiger partial charge in [-0.2, -0.15) is 0 Å². The third-order valence-electron chi connectivity index (χ3n) is 6.45. The highest BCUT2D eigenvalue weighted by molar-refractivity contribution is 6.30. The molecule has 2 aliphatic rings. The topological polar surface area (TPSA) is 119 Å². The number of carboxylic acids is 1. The number of ether oxygens (including phenoxy) is 1. The molecule has 1 saturated carbocycles. The number of hydrogen-bond donors (Lipinski definition) is 2. The molecule has 5 rings (SSSR count). The average molecular weight is 515 g/mol. The molecule has 3 aromatic rings. The zero-order valence-corrected chi connectivity index (χ0v) is 20.2. The second kappa shape index (κ2) is 9.44. The van der Waals surface area contributed by atoms with Crippen molar-refractivity contribution in [2.75, 3.05) is 25.1 Å². The third-order valence-corrected chi connectivity index (χ3v) is 6.71. The molecule has 2 aromatic carbocycles. The number of rotatable bonds is 6. The molecule has 0 radical (unpaired) electrons. The fourth-order valence-electron chi connectivity index (χ4n) is 4.52. The second-order valence-corrected chi connectivity index (χ2v) is 9.32. The summed E-state index contributed by atoms with van der Waals surface area (Å²) in [6.45, 7) is 0.624. The van der Waals surface area contributed by atoms with Crippen molar-refractivity contribution < 1.29 is 23.9 Å². The van der Waals surface area contributed by atoms with E-state index >= 15 is 4.39 Å². The Hall–Kier alpha value is -3.63. The summed E-state index contributed by atoms with van der Waals surface area (Å²) in [7, 11) is 1.40. The van der Waals surface area contributed by atoms with Crippen molar-refractivity contribution in [3.8, 4) is 11.5 Å². The monoisotopic (exact) mass is 514 g/mol. The molecule has 9 nitrogen and oxygen atoms in total. The Morgan fingerprint density at radius 3 is 2.61 bits per heavy atom. The molecule has 188 valence electrons. The summed E-state index contributed by atoms with van der Waals surface area (Å²) in [4.78, 5) is 31.8. The van der Waals surface area contributed by atoms with E-state index in [-0.39, 0.29) is 29.4 Å². The van der Waals surface area contributed by atoms with Crippen LogP contribution in [-0.2, 0) is 0 Å². The van der Waals surface area contributed by atoms with E-state index in [1.165, 1.54) is 13.3 Å². The molecule has 3 N–H and O–H groups in total. The summed E-state index contributed by atoms with van der Waals surface area (Å²) in [5.41, 5.74) is 6.39. The third kappa shape index (κ3) is 4.38. The zero-order valence-electron chi connectivity index (χ0n) is 19.4. The van der Waals surface area contributed by atoms with Gasteiger partial charge in [0.1, 0.15) is 11.3 Å². The quantitative estimate of drug-likeness (QED) is 0.480. The molecule has 0 bridgehead atoms. The number of nitrogens with two attached hydrogens (primary N) is 1. The number of methoxy groups -OCH3 is 1. The maximum atomic E-state index is 15.5. The van der Waals surface area contributed by atoms with Gasteiger partial charge < -0.3 is 29.9 Å². The van der Waals surface area contributed by atoms with Gasteiger partial charge >= 0.3 is 5.97 Å². The van der Waals surface area contributed by atoms with Crippen molar-refractivity contribution in [1.82, 2.24) is 4.57 Å². The predicted molar refractivity (Wildman–Crippen MR) is 134 cm³/mol. The minimum Gasteiger partial charge on any atom is -0.492 e. The van der Waals surface area contributed by atoms with Gasteiger partial charge in [-0.05, 0) is 43.2 Å². The number of hydrogen-bond acceptors (Lipinski definition) is 7. The van der Waals surface area contributed by atoms with Gasteiger partial charge in [0.2, 0.25) is 5.43 Å². The van der Waals surface area contributed by atoms with Gasteiger partial charge in [0.25, 0.3) is 0 Å². The first-order valence-electron chi connectivity index (χ1n) is 11.5. The van der Waals surface area contributed by atoms with Crippen LogP contribution in [0.4, 0.5) is 10.1 Å². The van der Waals surface area contributed by atoms with Crippen LogP contribution in [0.25, 0.3) is 10.9 Å². The summed E-state index contributed by atoms with van der Waals surface area (Å²) < 4.78 is 22.9. The molecule has 1 saturated heterocycles. The molecular formula is C25H24ClFN4O5. The molecule has 1 unspecified atom stereocenters. The number of piperidine rings is 1. The zero-order chi connectivity index (χ0) is 25.6. The largest absolute Gasteiger partial charge is 0.492 e. The van der Waals surface area contributed by atoms with E-state index in [0.29, 0.717) is 35.0 Å². The number of oxime groups is 1. The van der Waals surface area contributed by atoms with Crippen LogP contribution in [-0.4, -0.2) is 47.6 Å². The van der Waals surface area contributed by atoms with Crippen molar-refractivity contribution in [3.63, 3.8) is 0 Å². The number of carboxylic acid groups (broad SMARTS) is 1. The first kappa shape index (κ1) is 24.1. The summed E-state index contributed by atoms with van der Waals surface area (Å²) in [5, 5.41) is 14.2. The highest BCUT2D eigenvalue weighted by atomic mass is 35.5. The first-order chi connectivity index (χ1) is 17.3. The van der Waals surface area contributed by atoms with Gasteiger partial charge in [0.15, 0.2) is 17.3 Å². The van der Waals surface area contributed by atoms with Crippen LogP contribution in [0, 0.1) is 5.82 Å². The fraction of sp³-hybridized carbons (Fsp3) is 0.320. The maximum absolute atomic E-state index is 15.5. The van der Waals surface area contributed by atoms with Gasteiger partial charge in [-0.3, -0.25) is 4.79 Å². The minimum atomic E-state index is -1.35. The second-order valence-electron chi connectivity index (χ2n) is 8.88. The molecule has 2 fully saturated rings. The van der Waals surface area contributed by atoms with Crippen molar-refractivity contribution >= 4 is 39.9 Å². The Morgan fingerprint density at radius 2 is 2.00 bits per heavy atom. The van der Waals surface area contributed by atoms with E-state index in [0.717, 1.165) is 18.9 Å². The summed E-state index contributed by atoms with van der Waals surface area (Å²) in [6.07, 6.45) is 3.41. The van der Waals surface area contributed by atoms with Crippen LogP contribution in [0.15, 0.2) is 46.5 Å². The minimum absolute atomic E-state index is 0.0192. The number of pyridine rings is 1. The molecular weight excluding hydrogens is 491 g/mol. The molecule has 11 heteroatoms. The number of fused-ring (bicyclic) bond motifs is 1. The van der Waals surface area contributed by atoms with Gasteiger partial charge in [-0.15, -0.1) is 0 Å². The summed E-state index contributed by atoms with van der Waals surface area (Å²) in [6, 6.07) is 7.34. The van der Waals surface area contributed by atoms with E-state index in [1.54, 1.807) is 33.7 Å². The van der Waals surface area contributed by atoms with Gasteiger partial charge in [-0.1, -0.05) is 16.8 Å². The smallest absolute Gasteiger partial charge is 0.341 e. The predicted octanol–water partition coefficient (Wildman–Crippen LogP) is 3.81. The Kier molecular flexibility index (Phi) is 6.31. The van der Waals surface area contributed by atoms with Crippen LogP contribution in [0.2, 0.25) is 5.02 Å². The average Bonchev–Trinajstić information content (AvgIpc) is 3.69. The van der Waals surface area contributed by atoms with E-state index in [4.69, 9.17) is 26.9 Å². The number of nitrogens with zero attached hydrogens (tertiary/aromatic N) is 3. The summed E-state index contributed by atoms with van der Waals surface area (Å²) >= 11 is 5.89. The lowest BCUT2D eigenvalue weighted by Gasteiger charge is -2.34. The Morgan fingerprint density at radius 1 is 1.28 bits per heavy atom. The van der Waals surface area contributed by atoms with Crippen LogP contribution in [0.1, 0.15) is 35.7 Å². The van der Waals surface area contributed by atoms with E-state index < -0.39 is 28.8 Å². The first-order valence-corrected chi connectivity index (χ1v) is 11.8. The van der Waals surface area contributed by atoms with Crippen LogP contribution < -0.4 is 25.6 Å². The lowest BCUT2D eigenvalue weighted by atomic mass is 10.0. The fourth-order valence-corrected chi connectivity index (χ4v) is 4.64. The number of halogens is 2. The number of anilines is 1. The van der Waals surface area contributed by atoms with Gasteiger partial charge in [0.05, 0.1) is 29.8 Å².